The van der Waals surface area contributed by atoms with Gasteiger partial charge in [0.15, 0.2) is 11.5 Å². The number of carbonyl (C=O) groups excluding carboxylic acids is 1. The van der Waals surface area contributed by atoms with Gasteiger partial charge in [0.1, 0.15) is 6.29 Å². The van der Waals surface area contributed by atoms with Crippen LogP contribution in [0.2, 0.25) is 0 Å². The first-order chi connectivity index (χ1) is 7.76. The highest BCUT2D eigenvalue weighted by atomic mass is 16.5. The molecule has 1 rings (SSSR count). The lowest BCUT2D eigenvalue weighted by atomic mass is 10.1. The average molecular weight is 220 g/mol. The van der Waals surface area contributed by atoms with Crippen molar-refractivity contribution in [3.05, 3.63) is 35.9 Å². The summed E-state index contributed by atoms with van der Waals surface area (Å²) < 4.78 is 10.7. The molecule has 0 N–H and O–H groups in total. The Labute approximate surface area is 95.7 Å². The van der Waals surface area contributed by atoms with Crippen molar-refractivity contribution in [2.24, 2.45) is 0 Å². The molecule has 0 unspecified atom stereocenters. The highest BCUT2D eigenvalue weighted by molar-refractivity contribution is 5.77. The van der Waals surface area contributed by atoms with Gasteiger partial charge in [-0.3, -0.25) is 4.79 Å². The molecule has 0 saturated carbocycles. The number of benzene rings is 1. The van der Waals surface area contributed by atoms with Crippen molar-refractivity contribution >= 4 is 6.29 Å². The Balaban J connectivity index is 3.27. The van der Waals surface area contributed by atoms with E-state index in [2.05, 4.69) is 6.58 Å². The van der Waals surface area contributed by atoms with Gasteiger partial charge in [0.05, 0.1) is 13.7 Å². The van der Waals surface area contributed by atoms with Gasteiger partial charge < -0.3 is 9.47 Å². The standard InChI is InChI=1S/C13H16O3/c1-4-6-11-7-10(9-14)8-12(15-3)13(11)16-5-2/h4,7-9H,1,5-6H2,2-3H3. The summed E-state index contributed by atoms with van der Waals surface area (Å²) >= 11 is 0. The van der Waals surface area contributed by atoms with Gasteiger partial charge in [-0.15, -0.1) is 6.58 Å². The van der Waals surface area contributed by atoms with Crippen LogP contribution in [0.5, 0.6) is 11.5 Å². The number of methoxy groups -OCH3 is 1. The van der Waals surface area contributed by atoms with Crippen molar-refractivity contribution in [3.63, 3.8) is 0 Å². The fraction of sp³-hybridized carbons (Fsp3) is 0.308. The molecule has 1 aromatic carbocycles. The van der Waals surface area contributed by atoms with E-state index in [1.807, 2.05) is 6.92 Å². The molecule has 16 heavy (non-hydrogen) atoms. The van der Waals surface area contributed by atoms with Gasteiger partial charge in [-0.25, -0.2) is 0 Å². The van der Waals surface area contributed by atoms with Crippen molar-refractivity contribution in [2.45, 2.75) is 13.3 Å². The zero-order valence-corrected chi connectivity index (χ0v) is 9.66. The first kappa shape index (κ1) is 12.3. The van der Waals surface area contributed by atoms with Gasteiger partial charge >= 0.3 is 0 Å². The third kappa shape index (κ3) is 2.63. The Kier molecular flexibility index (Phi) is 4.58. The Hall–Kier alpha value is -1.77. The highest BCUT2D eigenvalue weighted by Gasteiger charge is 2.11. The van der Waals surface area contributed by atoms with Gasteiger partial charge in [0.25, 0.3) is 0 Å². The van der Waals surface area contributed by atoms with E-state index in [0.717, 1.165) is 11.8 Å². The molecule has 0 radical (unpaired) electrons. The van der Waals surface area contributed by atoms with Gasteiger partial charge in [0.2, 0.25) is 0 Å². The normalized spacial score (nSPS) is 9.62. The predicted molar refractivity (Wildman–Crippen MR) is 63.5 cm³/mol. The molecule has 1 aromatic rings. The van der Waals surface area contributed by atoms with Crippen LogP contribution in [0.25, 0.3) is 0 Å². The molecule has 0 aliphatic carbocycles. The monoisotopic (exact) mass is 220 g/mol. The van der Waals surface area contributed by atoms with Crippen LogP contribution >= 0.6 is 0 Å². The molecule has 0 atom stereocenters. The van der Waals surface area contributed by atoms with Crippen molar-refractivity contribution in [1.82, 2.24) is 0 Å². The summed E-state index contributed by atoms with van der Waals surface area (Å²) in [7, 11) is 1.56. The average Bonchev–Trinajstić information content (AvgIpc) is 2.31. The van der Waals surface area contributed by atoms with Crippen LogP contribution in [0.1, 0.15) is 22.8 Å². The number of ether oxygens (including phenoxy) is 2. The first-order valence-electron chi connectivity index (χ1n) is 5.16. The quantitative estimate of drug-likeness (QED) is 0.546. The second kappa shape index (κ2) is 5.95. The van der Waals surface area contributed by atoms with Gasteiger partial charge in [-0.1, -0.05) is 6.08 Å². The summed E-state index contributed by atoms with van der Waals surface area (Å²) in [5.41, 5.74) is 1.50. The maximum atomic E-state index is 10.8. The SMILES string of the molecule is C=CCc1cc(C=O)cc(OC)c1OCC. The number of hydrogen-bond donors (Lipinski definition) is 0. The van der Waals surface area contributed by atoms with Crippen molar-refractivity contribution in [3.8, 4) is 11.5 Å². The zero-order valence-electron chi connectivity index (χ0n) is 9.66. The largest absolute Gasteiger partial charge is 0.493 e. The van der Waals surface area contributed by atoms with Crippen LogP contribution in [0.15, 0.2) is 24.8 Å². The van der Waals surface area contributed by atoms with Crippen LogP contribution < -0.4 is 9.47 Å². The van der Waals surface area contributed by atoms with Crippen LogP contribution in [0.4, 0.5) is 0 Å². The van der Waals surface area contributed by atoms with E-state index in [0.29, 0.717) is 30.1 Å². The highest BCUT2D eigenvalue weighted by Crippen LogP contribution is 2.33. The molecule has 0 saturated heterocycles. The molecular formula is C13H16O3. The third-order valence-electron chi connectivity index (χ3n) is 2.16. The Morgan fingerprint density at radius 3 is 2.69 bits per heavy atom. The number of carbonyl (C=O) groups is 1. The minimum Gasteiger partial charge on any atom is -0.493 e. The topological polar surface area (TPSA) is 35.5 Å². The van der Waals surface area contributed by atoms with E-state index in [1.54, 1.807) is 25.3 Å². The third-order valence-corrected chi connectivity index (χ3v) is 2.16. The fourth-order valence-corrected chi connectivity index (χ4v) is 1.52. The van der Waals surface area contributed by atoms with E-state index < -0.39 is 0 Å². The van der Waals surface area contributed by atoms with E-state index in [1.165, 1.54) is 0 Å². The molecule has 0 amide bonds. The summed E-state index contributed by atoms with van der Waals surface area (Å²) in [6.45, 7) is 6.15. The number of rotatable bonds is 6. The van der Waals surface area contributed by atoms with E-state index in [4.69, 9.17) is 9.47 Å². The second-order valence-electron chi connectivity index (χ2n) is 3.26. The lowest BCUT2D eigenvalue weighted by molar-refractivity contribution is 0.112. The molecule has 3 heteroatoms. The molecule has 0 aliphatic rings. The Morgan fingerprint density at radius 1 is 1.44 bits per heavy atom. The Morgan fingerprint density at radius 2 is 2.19 bits per heavy atom. The maximum Gasteiger partial charge on any atom is 0.164 e. The Bertz CT molecular complexity index is 383. The molecule has 0 fully saturated rings. The summed E-state index contributed by atoms with van der Waals surface area (Å²) in [5, 5.41) is 0. The summed E-state index contributed by atoms with van der Waals surface area (Å²) in [6.07, 6.45) is 3.21. The van der Waals surface area contributed by atoms with Crippen molar-refractivity contribution in [1.29, 1.82) is 0 Å². The van der Waals surface area contributed by atoms with Crippen molar-refractivity contribution in [2.75, 3.05) is 13.7 Å². The van der Waals surface area contributed by atoms with Crippen LogP contribution in [-0.2, 0) is 6.42 Å². The molecule has 0 aliphatic heterocycles. The molecule has 0 heterocycles. The smallest absolute Gasteiger partial charge is 0.164 e. The summed E-state index contributed by atoms with van der Waals surface area (Å²) in [4.78, 5) is 10.8. The van der Waals surface area contributed by atoms with Gasteiger partial charge in [0, 0.05) is 11.1 Å². The van der Waals surface area contributed by atoms with E-state index in [9.17, 15) is 4.79 Å². The summed E-state index contributed by atoms with van der Waals surface area (Å²) in [5.74, 6) is 1.28. The molecule has 0 bridgehead atoms. The lowest BCUT2D eigenvalue weighted by Gasteiger charge is -2.14. The molecule has 0 spiro atoms. The number of hydrogen-bond acceptors (Lipinski definition) is 3. The van der Waals surface area contributed by atoms with Gasteiger partial charge in [-0.05, 0) is 25.5 Å². The number of aldehydes is 1. The van der Waals surface area contributed by atoms with Crippen molar-refractivity contribution < 1.29 is 14.3 Å². The lowest BCUT2D eigenvalue weighted by Crippen LogP contribution is -2.01. The van der Waals surface area contributed by atoms with Crippen LogP contribution in [-0.4, -0.2) is 20.0 Å². The number of allylic oxidation sites excluding steroid dienone is 1. The minimum atomic E-state index is 0.556. The minimum absolute atomic E-state index is 0.556. The van der Waals surface area contributed by atoms with E-state index >= 15 is 0 Å². The first-order valence-corrected chi connectivity index (χ1v) is 5.16. The predicted octanol–water partition coefficient (Wildman–Crippen LogP) is 2.63. The summed E-state index contributed by atoms with van der Waals surface area (Å²) in [6, 6.07) is 3.47. The fourth-order valence-electron chi connectivity index (χ4n) is 1.52. The second-order valence-corrected chi connectivity index (χ2v) is 3.26. The molecule has 0 aromatic heterocycles. The molecule has 86 valence electrons. The molecule has 3 nitrogen and oxygen atoms in total. The molecular weight excluding hydrogens is 204 g/mol. The maximum absolute atomic E-state index is 10.8. The van der Waals surface area contributed by atoms with E-state index in [-0.39, 0.29) is 0 Å². The zero-order chi connectivity index (χ0) is 12.0. The van der Waals surface area contributed by atoms with Crippen LogP contribution in [0, 0.1) is 0 Å². The van der Waals surface area contributed by atoms with Gasteiger partial charge in [-0.2, -0.15) is 0 Å². The van der Waals surface area contributed by atoms with Crippen LogP contribution in [0.3, 0.4) is 0 Å².